The third-order valence-corrected chi connectivity index (χ3v) is 4.69. The number of halogens is 2. The van der Waals surface area contributed by atoms with Crippen LogP contribution in [0.15, 0.2) is 34.4 Å². The summed E-state index contributed by atoms with van der Waals surface area (Å²) in [5, 5.41) is 1.84. The number of H-pyrrole nitrogens is 1. The van der Waals surface area contributed by atoms with Gasteiger partial charge in [-0.1, -0.05) is 0 Å². The molecule has 0 aliphatic heterocycles. The first-order chi connectivity index (χ1) is 12.5. The number of quaternary nitrogens is 1. The van der Waals surface area contributed by atoms with Crippen molar-refractivity contribution < 1.29 is 23.2 Å². The van der Waals surface area contributed by atoms with E-state index in [1.807, 2.05) is 18.5 Å². The zero-order valence-corrected chi connectivity index (χ0v) is 15.0. The van der Waals surface area contributed by atoms with Gasteiger partial charge in [-0.05, 0) is 29.6 Å². The topological polar surface area (TPSA) is 68.7 Å². The number of nitrogens with one attached hydrogen (secondary N) is 2. The molecule has 1 unspecified atom stereocenters. The summed E-state index contributed by atoms with van der Waals surface area (Å²) in [5.41, 5.74) is 1.44. The van der Waals surface area contributed by atoms with E-state index in [0.717, 1.165) is 10.5 Å². The molecule has 6 nitrogen and oxygen atoms in total. The van der Waals surface area contributed by atoms with E-state index in [-0.39, 0.29) is 17.1 Å². The largest absolute Gasteiger partial charge is 0.493 e. The highest BCUT2D eigenvalue weighted by Crippen LogP contribution is 2.29. The molecule has 138 valence electrons. The highest BCUT2D eigenvalue weighted by Gasteiger charge is 2.14. The van der Waals surface area contributed by atoms with Crippen LogP contribution in [0.25, 0.3) is 10.2 Å². The second kappa shape index (κ2) is 7.79. The number of ether oxygens (including phenoxy) is 2. The van der Waals surface area contributed by atoms with E-state index < -0.39 is 6.61 Å². The maximum absolute atomic E-state index is 12.4. The molecule has 1 aromatic carbocycles. The molecule has 2 aromatic heterocycles. The highest BCUT2D eigenvalue weighted by molar-refractivity contribution is 7.17. The van der Waals surface area contributed by atoms with E-state index in [9.17, 15) is 13.6 Å². The van der Waals surface area contributed by atoms with Crippen molar-refractivity contribution >= 4 is 21.6 Å². The van der Waals surface area contributed by atoms with Crippen molar-refractivity contribution in [1.29, 1.82) is 0 Å². The van der Waals surface area contributed by atoms with Gasteiger partial charge in [0.25, 0.3) is 5.56 Å². The first-order valence-corrected chi connectivity index (χ1v) is 8.73. The number of thiophene rings is 1. The number of alkyl halides is 2. The standard InChI is InChI=1S/C17H17F2N3O3S/c1-22(9-14-20-11-5-6-26-15(11)16(23)21-14)8-10-3-4-12(25-17(18)19)13(7-10)24-2/h3-7,17H,8-9H2,1-2H3,(H,20,21,23)/p+1. The molecular weight excluding hydrogens is 364 g/mol. The molecule has 0 saturated heterocycles. The molecule has 1 atom stereocenters. The fourth-order valence-electron chi connectivity index (χ4n) is 2.72. The molecule has 0 amide bonds. The van der Waals surface area contributed by atoms with Gasteiger partial charge in [-0.3, -0.25) is 4.79 Å². The fraction of sp³-hybridized carbons (Fsp3) is 0.294. The Morgan fingerprint density at radius 2 is 2.08 bits per heavy atom. The summed E-state index contributed by atoms with van der Waals surface area (Å²) in [7, 11) is 3.35. The minimum Gasteiger partial charge on any atom is -0.493 e. The summed E-state index contributed by atoms with van der Waals surface area (Å²) in [6, 6.07) is 6.66. The van der Waals surface area contributed by atoms with E-state index in [2.05, 4.69) is 14.7 Å². The number of benzene rings is 1. The average Bonchev–Trinajstić information content (AvgIpc) is 3.04. The molecule has 2 N–H and O–H groups in total. The minimum absolute atomic E-state index is 0.00203. The molecule has 0 bridgehead atoms. The average molecular weight is 382 g/mol. The van der Waals surface area contributed by atoms with Gasteiger partial charge in [-0.25, -0.2) is 4.98 Å². The maximum Gasteiger partial charge on any atom is 0.387 e. The number of hydrogen-bond acceptors (Lipinski definition) is 5. The Bertz CT molecular complexity index is 958. The minimum atomic E-state index is -2.90. The molecule has 0 saturated carbocycles. The zero-order valence-electron chi connectivity index (χ0n) is 14.2. The van der Waals surface area contributed by atoms with Gasteiger partial charge < -0.3 is 19.4 Å². The van der Waals surface area contributed by atoms with Crippen molar-refractivity contribution in [3.63, 3.8) is 0 Å². The predicted octanol–water partition coefficient (Wildman–Crippen LogP) is 1.81. The molecular formula is C17H18F2N3O3S+. The molecule has 26 heavy (non-hydrogen) atoms. The molecule has 9 heteroatoms. The third kappa shape index (κ3) is 4.17. The molecule has 0 spiro atoms. The second-order valence-corrected chi connectivity index (χ2v) is 6.74. The second-order valence-electron chi connectivity index (χ2n) is 5.82. The molecule has 0 fully saturated rings. The lowest BCUT2D eigenvalue weighted by molar-refractivity contribution is -0.908. The van der Waals surface area contributed by atoms with Gasteiger partial charge in [-0.15, -0.1) is 11.3 Å². The van der Waals surface area contributed by atoms with E-state index in [1.165, 1.54) is 24.5 Å². The van der Waals surface area contributed by atoms with E-state index >= 15 is 0 Å². The number of rotatable bonds is 7. The van der Waals surface area contributed by atoms with Crippen LogP contribution in [0.3, 0.4) is 0 Å². The van der Waals surface area contributed by atoms with Gasteiger partial charge in [0, 0.05) is 5.56 Å². The van der Waals surface area contributed by atoms with Gasteiger partial charge in [0.15, 0.2) is 17.3 Å². The summed E-state index contributed by atoms with van der Waals surface area (Å²) < 4.78 is 34.9. The van der Waals surface area contributed by atoms with Crippen LogP contribution in [0.2, 0.25) is 0 Å². The fourth-order valence-corrected chi connectivity index (χ4v) is 3.44. The Balaban J connectivity index is 1.72. The quantitative estimate of drug-likeness (QED) is 0.654. The number of aromatic amines is 1. The number of aromatic nitrogens is 2. The van der Waals surface area contributed by atoms with Gasteiger partial charge in [0.2, 0.25) is 0 Å². The van der Waals surface area contributed by atoms with Gasteiger partial charge >= 0.3 is 6.61 Å². The Labute approximate surface area is 152 Å². The van der Waals surface area contributed by atoms with Crippen LogP contribution < -0.4 is 19.9 Å². The van der Waals surface area contributed by atoms with Crippen LogP contribution in [-0.2, 0) is 13.1 Å². The van der Waals surface area contributed by atoms with E-state index in [4.69, 9.17) is 4.74 Å². The Morgan fingerprint density at radius 3 is 2.81 bits per heavy atom. The lowest BCUT2D eigenvalue weighted by Crippen LogP contribution is -3.06. The molecule has 2 heterocycles. The molecule has 0 radical (unpaired) electrons. The molecule has 0 aliphatic carbocycles. The Morgan fingerprint density at radius 1 is 1.27 bits per heavy atom. The predicted molar refractivity (Wildman–Crippen MR) is 94.2 cm³/mol. The van der Waals surface area contributed by atoms with Crippen LogP contribution in [0.1, 0.15) is 11.4 Å². The SMILES string of the molecule is COc1cc(C[NH+](C)Cc2nc3ccsc3c(=O)[nH]2)ccc1OC(F)F. The smallest absolute Gasteiger partial charge is 0.387 e. The van der Waals surface area contributed by atoms with Crippen LogP contribution in [0.5, 0.6) is 11.5 Å². The van der Waals surface area contributed by atoms with Crippen LogP contribution in [0, 0.1) is 0 Å². The first-order valence-electron chi connectivity index (χ1n) is 7.85. The highest BCUT2D eigenvalue weighted by atomic mass is 32.1. The van der Waals surface area contributed by atoms with Crippen molar-refractivity contribution in [3.05, 3.63) is 51.4 Å². The monoisotopic (exact) mass is 382 g/mol. The van der Waals surface area contributed by atoms with Crippen molar-refractivity contribution in [2.75, 3.05) is 14.2 Å². The third-order valence-electron chi connectivity index (χ3n) is 3.78. The lowest BCUT2D eigenvalue weighted by Gasteiger charge is -2.15. The Hall–Kier alpha value is -2.52. The van der Waals surface area contributed by atoms with Crippen LogP contribution >= 0.6 is 11.3 Å². The van der Waals surface area contributed by atoms with Gasteiger partial charge in [0.1, 0.15) is 17.8 Å². The number of methoxy groups -OCH3 is 1. The normalized spacial score (nSPS) is 12.5. The molecule has 3 aromatic rings. The zero-order chi connectivity index (χ0) is 18.7. The molecule has 3 rings (SSSR count). The lowest BCUT2D eigenvalue weighted by atomic mass is 10.2. The Kier molecular flexibility index (Phi) is 5.48. The van der Waals surface area contributed by atoms with Gasteiger partial charge in [-0.2, -0.15) is 8.78 Å². The van der Waals surface area contributed by atoms with Crippen molar-refractivity contribution in [3.8, 4) is 11.5 Å². The van der Waals surface area contributed by atoms with Crippen molar-refractivity contribution in [2.45, 2.75) is 19.7 Å². The van der Waals surface area contributed by atoms with E-state index in [0.29, 0.717) is 29.1 Å². The number of nitrogens with zero attached hydrogens (tertiary/aromatic N) is 1. The van der Waals surface area contributed by atoms with Gasteiger partial charge in [0.05, 0.1) is 19.7 Å². The van der Waals surface area contributed by atoms with Crippen molar-refractivity contribution in [1.82, 2.24) is 9.97 Å². The summed E-state index contributed by atoms with van der Waals surface area (Å²) >= 11 is 1.36. The number of fused-ring (bicyclic) bond motifs is 1. The summed E-state index contributed by atoms with van der Waals surface area (Å²) in [6.45, 7) is -1.80. The van der Waals surface area contributed by atoms with Crippen molar-refractivity contribution in [2.24, 2.45) is 0 Å². The molecule has 0 aliphatic rings. The number of hydrogen-bond donors (Lipinski definition) is 2. The van der Waals surface area contributed by atoms with Crippen LogP contribution in [0.4, 0.5) is 8.78 Å². The summed E-state index contributed by atoms with van der Waals surface area (Å²) in [5.74, 6) is 0.850. The van der Waals surface area contributed by atoms with Crippen LogP contribution in [-0.4, -0.2) is 30.7 Å². The maximum atomic E-state index is 12.4. The first kappa shape index (κ1) is 18.3. The van der Waals surface area contributed by atoms with E-state index in [1.54, 1.807) is 12.1 Å². The summed E-state index contributed by atoms with van der Waals surface area (Å²) in [4.78, 5) is 20.4. The summed E-state index contributed by atoms with van der Waals surface area (Å²) in [6.07, 6.45) is 0.